The molecule has 100 valence electrons. The third kappa shape index (κ3) is 3.62. The van der Waals surface area contributed by atoms with Gasteiger partial charge in [0.2, 0.25) is 0 Å². The second-order valence-electron chi connectivity index (χ2n) is 4.83. The molecule has 1 saturated heterocycles. The van der Waals surface area contributed by atoms with Gasteiger partial charge in [-0.3, -0.25) is 4.90 Å². The molecule has 0 aliphatic carbocycles. The van der Waals surface area contributed by atoms with E-state index in [9.17, 15) is 0 Å². The normalized spacial score (nSPS) is 20.9. The van der Waals surface area contributed by atoms with Crippen LogP contribution in [0.5, 0.6) is 0 Å². The minimum atomic E-state index is 0.669. The van der Waals surface area contributed by atoms with E-state index >= 15 is 0 Å². The number of thioether (sulfide) groups is 1. The van der Waals surface area contributed by atoms with Crippen LogP contribution in [0.15, 0.2) is 18.3 Å². The van der Waals surface area contributed by atoms with Gasteiger partial charge in [0, 0.05) is 48.9 Å². The van der Waals surface area contributed by atoms with Crippen molar-refractivity contribution < 1.29 is 0 Å². The van der Waals surface area contributed by atoms with Crippen molar-refractivity contribution in [2.24, 2.45) is 0 Å². The summed E-state index contributed by atoms with van der Waals surface area (Å²) in [6.45, 7) is 7.70. The van der Waals surface area contributed by atoms with E-state index in [1.54, 1.807) is 0 Å². The van der Waals surface area contributed by atoms with E-state index in [1.807, 2.05) is 12.3 Å². The fraction of sp³-hybridized carbons (Fsp3) is 0.643. The molecule has 1 N–H and O–H groups in total. The van der Waals surface area contributed by atoms with Gasteiger partial charge in [0.15, 0.2) is 0 Å². The van der Waals surface area contributed by atoms with Crippen LogP contribution in [-0.2, 0) is 6.54 Å². The summed E-state index contributed by atoms with van der Waals surface area (Å²) in [6, 6.07) is 4.90. The van der Waals surface area contributed by atoms with E-state index < -0.39 is 0 Å². The van der Waals surface area contributed by atoms with Gasteiger partial charge in [-0.1, -0.05) is 13.0 Å². The standard InChI is InChI=1S/C14H23N3S/c1-3-6-15-14-13(5-4-7-16-14)10-17-8-9-18-11-12(17)2/h4-5,7,12H,3,6,8-11H2,1-2H3,(H,15,16). The predicted octanol–water partition coefficient (Wildman–Crippen LogP) is 2.84. The first kappa shape index (κ1) is 13.7. The quantitative estimate of drug-likeness (QED) is 0.886. The van der Waals surface area contributed by atoms with Crippen LogP contribution >= 0.6 is 11.8 Å². The zero-order valence-electron chi connectivity index (χ0n) is 11.4. The number of rotatable bonds is 5. The Kier molecular flexibility index (Phi) is 5.32. The van der Waals surface area contributed by atoms with E-state index in [1.165, 1.54) is 23.6 Å². The first-order valence-electron chi connectivity index (χ1n) is 6.80. The highest BCUT2D eigenvalue weighted by atomic mass is 32.2. The van der Waals surface area contributed by atoms with Crippen molar-refractivity contribution in [1.29, 1.82) is 0 Å². The van der Waals surface area contributed by atoms with Crippen LogP contribution in [0.2, 0.25) is 0 Å². The maximum Gasteiger partial charge on any atom is 0.130 e. The number of pyridine rings is 1. The molecule has 2 heterocycles. The molecule has 18 heavy (non-hydrogen) atoms. The first-order chi connectivity index (χ1) is 8.81. The van der Waals surface area contributed by atoms with Crippen LogP contribution in [0, 0.1) is 0 Å². The summed E-state index contributed by atoms with van der Waals surface area (Å²) in [5.41, 5.74) is 1.32. The van der Waals surface area contributed by atoms with Gasteiger partial charge in [0.05, 0.1) is 0 Å². The molecule has 1 aliphatic heterocycles. The molecular formula is C14H23N3S. The lowest BCUT2D eigenvalue weighted by molar-refractivity contribution is 0.224. The van der Waals surface area contributed by atoms with Gasteiger partial charge in [0.1, 0.15) is 5.82 Å². The Bertz CT molecular complexity index is 370. The monoisotopic (exact) mass is 265 g/mol. The summed E-state index contributed by atoms with van der Waals surface area (Å²) in [5, 5.41) is 3.42. The second-order valence-corrected chi connectivity index (χ2v) is 5.98. The smallest absolute Gasteiger partial charge is 0.130 e. The van der Waals surface area contributed by atoms with Crippen LogP contribution in [0.25, 0.3) is 0 Å². The third-order valence-electron chi connectivity index (χ3n) is 3.31. The van der Waals surface area contributed by atoms with Gasteiger partial charge >= 0.3 is 0 Å². The van der Waals surface area contributed by atoms with E-state index in [0.717, 1.165) is 25.3 Å². The van der Waals surface area contributed by atoms with Crippen molar-refractivity contribution >= 4 is 17.6 Å². The Hall–Kier alpha value is -0.740. The van der Waals surface area contributed by atoms with Crippen LogP contribution in [0.4, 0.5) is 5.82 Å². The Morgan fingerprint density at radius 2 is 2.44 bits per heavy atom. The van der Waals surface area contributed by atoms with Gasteiger partial charge < -0.3 is 5.32 Å². The molecular weight excluding hydrogens is 242 g/mol. The first-order valence-corrected chi connectivity index (χ1v) is 7.96. The maximum absolute atomic E-state index is 4.46. The fourth-order valence-corrected chi connectivity index (χ4v) is 3.27. The van der Waals surface area contributed by atoms with E-state index in [2.05, 4.69) is 46.9 Å². The van der Waals surface area contributed by atoms with Crippen LogP contribution < -0.4 is 5.32 Å². The molecule has 1 atom stereocenters. The summed E-state index contributed by atoms with van der Waals surface area (Å²) >= 11 is 2.06. The fourth-order valence-electron chi connectivity index (χ4n) is 2.18. The summed E-state index contributed by atoms with van der Waals surface area (Å²) in [7, 11) is 0. The molecule has 0 bridgehead atoms. The molecule has 1 unspecified atom stereocenters. The van der Waals surface area contributed by atoms with Crippen molar-refractivity contribution in [3.8, 4) is 0 Å². The zero-order chi connectivity index (χ0) is 12.8. The van der Waals surface area contributed by atoms with Crippen LogP contribution in [0.3, 0.4) is 0 Å². The molecule has 0 amide bonds. The number of nitrogens with one attached hydrogen (secondary N) is 1. The van der Waals surface area contributed by atoms with Crippen LogP contribution in [0.1, 0.15) is 25.8 Å². The molecule has 0 saturated carbocycles. The Morgan fingerprint density at radius 1 is 1.56 bits per heavy atom. The van der Waals surface area contributed by atoms with Crippen molar-refractivity contribution in [3.05, 3.63) is 23.9 Å². The highest BCUT2D eigenvalue weighted by Crippen LogP contribution is 2.21. The molecule has 0 radical (unpaired) electrons. The Labute approximate surface area is 114 Å². The lowest BCUT2D eigenvalue weighted by Gasteiger charge is -2.33. The highest BCUT2D eigenvalue weighted by Gasteiger charge is 2.19. The third-order valence-corrected chi connectivity index (χ3v) is 4.50. The molecule has 0 spiro atoms. The van der Waals surface area contributed by atoms with Crippen molar-refractivity contribution in [2.75, 3.05) is 29.9 Å². The average Bonchev–Trinajstić information content (AvgIpc) is 2.40. The topological polar surface area (TPSA) is 28.2 Å². The molecule has 0 aromatic carbocycles. The minimum Gasteiger partial charge on any atom is -0.370 e. The Morgan fingerprint density at radius 3 is 3.22 bits per heavy atom. The maximum atomic E-state index is 4.46. The van der Waals surface area contributed by atoms with Crippen molar-refractivity contribution in [3.63, 3.8) is 0 Å². The van der Waals surface area contributed by atoms with Gasteiger partial charge in [-0.05, 0) is 19.4 Å². The highest BCUT2D eigenvalue weighted by molar-refractivity contribution is 7.99. The number of aromatic nitrogens is 1. The molecule has 1 aromatic rings. The predicted molar refractivity (Wildman–Crippen MR) is 80.2 cm³/mol. The number of hydrogen-bond donors (Lipinski definition) is 1. The largest absolute Gasteiger partial charge is 0.370 e. The number of nitrogens with zero attached hydrogens (tertiary/aromatic N) is 2. The van der Waals surface area contributed by atoms with E-state index in [-0.39, 0.29) is 0 Å². The summed E-state index contributed by atoms with van der Waals surface area (Å²) in [4.78, 5) is 7.02. The summed E-state index contributed by atoms with van der Waals surface area (Å²) in [5.74, 6) is 3.56. The molecule has 2 rings (SSSR count). The van der Waals surface area contributed by atoms with Crippen molar-refractivity contribution in [1.82, 2.24) is 9.88 Å². The van der Waals surface area contributed by atoms with E-state index in [0.29, 0.717) is 6.04 Å². The zero-order valence-corrected chi connectivity index (χ0v) is 12.2. The number of hydrogen-bond acceptors (Lipinski definition) is 4. The van der Waals surface area contributed by atoms with Gasteiger partial charge in [-0.15, -0.1) is 0 Å². The lowest BCUT2D eigenvalue weighted by Crippen LogP contribution is -2.39. The van der Waals surface area contributed by atoms with Crippen LogP contribution in [-0.4, -0.2) is 40.5 Å². The summed E-state index contributed by atoms with van der Waals surface area (Å²) in [6.07, 6.45) is 3.00. The Balaban J connectivity index is 2.03. The summed E-state index contributed by atoms with van der Waals surface area (Å²) < 4.78 is 0. The molecule has 4 heteroatoms. The second kappa shape index (κ2) is 7.00. The molecule has 1 aliphatic rings. The SMILES string of the molecule is CCCNc1ncccc1CN1CCSCC1C. The molecule has 1 fully saturated rings. The number of anilines is 1. The lowest BCUT2D eigenvalue weighted by atomic mass is 10.2. The van der Waals surface area contributed by atoms with Gasteiger partial charge in [0.25, 0.3) is 0 Å². The molecule has 3 nitrogen and oxygen atoms in total. The molecule has 1 aromatic heterocycles. The average molecular weight is 265 g/mol. The van der Waals surface area contributed by atoms with Gasteiger partial charge in [-0.2, -0.15) is 11.8 Å². The van der Waals surface area contributed by atoms with Crippen molar-refractivity contribution in [2.45, 2.75) is 32.9 Å². The van der Waals surface area contributed by atoms with Gasteiger partial charge in [-0.25, -0.2) is 4.98 Å². The van der Waals surface area contributed by atoms with E-state index in [4.69, 9.17) is 0 Å². The minimum absolute atomic E-state index is 0.669.